The molecule has 0 saturated carbocycles. The monoisotopic (exact) mass is 396 g/mol. The molecule has 5 rings (SSSR count). The lowest BCUT2D eigenvalue weighted by molar-refractivity contribution is 0.0975. The molecule has 2 atom stereocenters. The molecule has 0 bridgehead atoms. The van der Waals surface area contributed by atoms with Crippen LogP contribution in [-0.4, -0.2) is 16.4 Å². The van der Waals surface area contributed by atoms with Crippen molar-refractivity contribution in [2.45, 2.75) is 23.6 Å². The summed E-state index contributed by atoms with van der Waals surface area (Å²) in [6.45, 7) is 3.63. The standard InChI is InChI=1S/C26H20O2S/c1-16-7-10-21(11-8-16)29-24-12-9-18(17(2)27)13-22(24)26(28)23-14-19-5-3-4-6-20(19)15-25(23)29/h3-15,23H,1-2H3. The largest absolute Gasteiger partial charge is 0.295 e. The first-order valence-corrected chi connectivity index (χ1v) is 10.9. The normalized spacial score (nSPS) is 19.4. The Morgan fingerprint density at radius 3 is 2.38 bits per heavy atom. The molecule has 0 N–H and O–H groups in total. The molecule has 3 aromatic rings. The second-order valence-electron chi connectivity index (χ2n) is 7.57. The maximum atomic E-state index is 13.5. The van der Waals surface area contributed by atoms with Gasteiger partial charge in [0.05, 0.1) is 5.92 Å². The number of carbonyl (C=O) groups excluding carboxylic acids is 2. The smallest absolute Gasteiger partial charge is 0.175 e. The minimum Gasteiger partial charge on any atom is -0.295 e. The van der Waals surface area contributed by atoms with Crippen molar-refractivity contribution >= 4 is 39.1 Å². The second kappa shape index (κ2) is 6.78. The van der Waals surface area contributed by atoms with Gasteiger partial charge in [0.2, 0.25) is 0 Å². The second-order valence-corrected chi connectivity index (χ2v) is 9.57. The van der Waals surface area contributed by atoms with Crippen LogP contribution in [0.25, 0.3) is 12.2 Å². The fourth-order valence-corrected chi connectivity index (χ4v) is 6.49. The zero-order valence-corrected chi connectivity index (χ0v) is 17.1. The van der Waals surface area contributed by atoms with Crippen LogP contribution in [0.15, 0.2) is 76.5 Å². The first kappa shape index (κ1) is 18.0. The summed E-state index contributed by atoms with van der Waals surface area (Å²) >= 11 is 0. The minimum atomic E-state index is -0.360. The van der Waals surface area contributed by atoms with Gasteiger partial charge in [-0.15, -0.1) is 10.5 Å². The maximum absolute atomic E-state index is 13.5. The Kier molecular flexibility index (Phi) is 4.21. The third kappa shape index (κ3) is 2.93. The van der Waals surface area contributed by atoms with E-state index in [9.17, 15) is 9.59 Å². The highest BCUT2D eigenvalue weighted by atomic mass is 32.2. The summed E-state index contributed by atoms with van der Waals surface area (Å²) in [5, 5.41) is 2.24. The number of Topliss-reactive ketones (excluding diaryl/α,β-unsaturated/α-hetero) is 2. The van der Waals surface area contributed by atoms with Crippen LogP contribution in [0.2, 0.25) is 0 Å². The molecule has 142 valence electrons. The van der Waals surface area contributed by atoms with Crippen molar-refractivity contribution in [1.82, 2.24) is 0 Å². The lowest BCUT2D eigenvalue weighted by Gasteiger charge is -2.29. The number of fused-ring (bicyclic) bond motifs is 3. The van der Waals surface area contributed by atoms with E-state index in [4.69, 9.17) is 0 Å². The van der Waals surface area contributed by atoms with Gasteiger partial charge in [-0.2, -0.15) is 0 Å². The summed E-state index contributed by atoms with van der Waals surface area (Å²) < 4.78 is 0. The van der Waals surface area contributed by atoms with Crippen LogP contribution in [0, 0.1) is 12.8 Å². The van der Waals surface area contributed by atoms with Crippen molar-refractivity contribution in [1.29, 1.82) is 0 Å². The van der Waals surface area contributed by atoms with Gasteiger partial charge in [0.1, 0.15) is 0 Å². The molecular formula is C26H20O2S. The summed E-state index contributed by atoms with van der Waals surface area (Å²) in [6, 6.07) is 22.4. The fourth-order valence-electron chi connectivity index (χ4n) is 4.04. The summed E-state index contributed by atoms with van der Waals surface area (Å²) in [5.74, 6) is -0.223. The van der Waals surface area contributed by atoms with Crippen molar-refractivity contribution in [3.63, 3.8) is 0 Å². The number of carbonyl (C=O) groups is 2. The van der Waals surface area contributed by atoms with Gasteiger partial charge in [-0.05, 0) is 59.5 Å². The van der Waals surface area contributed by atoms with E-state index in [1.165, 1.54) is 10.5 Å². The molecule has 2 aliphatic rings. The van der Waals surface area contributed by atoms with Crippen LogP contribution in [0.5, 0.6) is 0 Å². The van der Waals surface area contributed by atoms with Crippen molar-refractivity contribution < 1.29 is 9.59 Å². The molecule has 0 radical (unpaired) electrons. The SMILES string of the molecule is CC(=O)c1ccc2c(c1)C(=O)C1C=c3ccccc3=CC1=S2c1ccc(C)cc1. The highest BCUT2D eigenvalue weighted by Gasteiger charge is 2.33. The summed E-state index contributed by atoms with van der Waals surface area (Å²) in [5.41, 5.74) is 2.48. The maximum Gasteiger partial charge on any atom is 0.175 e. The van der Waals surface area contributed by atoms with E-state index in [1.54, 1.807) is 13.0 Å². The van der Waals surface area contributed by atoms with Gasteiger partial charge in [0, 0.05) is 20.9 Å². The predicted molar refractivity (Wildman–Crippen MR) is 119 cm³/mol. The van der Waals surface area contributed by atoms with Crippen LogP contribution in [0.4, 0.5) is 0 Å². The highest BCUT2D eigenvalue weighted by molar-refractivity contribution is 8.16. The van der Waals surface area contributed by atoms with E-state index in [0.717, 1.165) is 20.2 Å². The van der Waals surface area contributed by atoms with Gasteiger partial charge in [-0.25, -0.2) is 0 Å². The van der Waals surface area contributed by atoms with Gasteiger partial charge < -0.3 is 0 Å². The number of hydrogen-bond acceptors (Lipinski definition) is 2. The highest BCUT2D eigenvalue weighted by Crippen LogP contribution is 2.46. The van der Waals surface area contributed by atoms with E-state index >= 15 is 0 Å². The lowest BCUT2D eigenvalue weighted by atomic mass is 9.88. The van der Waals surface area contributed by atoms with Gasteiger partial charge in [-0.1, -0.05) is 54.1 Å². The van der Waals surface area contributed by atoms with E-state index in [0.29, 0.717) is 11.1 Å². The molecule has 2 nitrogen and oxygen atoms in total. The van der Waals surface area contributed by atoms with E-state index in [-0.39, 0.29) is 28.0 Å². The van der Waals surface area contributed by atoms with Crippen LogP contribution < -0.4 is 10.4 Å². The zero-order chi connectivity index (χ0) is 20.1. The van der Waals surface area contributed by atoms with Crippen LogP contribution >= 0.6 is 10.5 Å². The summed E-state index contributed by atoms with van der Waals surface area (Å²) in [6.07, 6.45) is 4.28. The first-order valence-electron chi connectivity index (χ1n) is 9.68. The van der Waals surface area contributed by atoms with Crippen molar-refractivity contribution in [2.24, 2.45) is 5.92 Å². The van der Waals surface area contributed by atoms with Crippen molar-refractivity contribution in [3.8, 4) is 0 Å². The Balaban J connectivity index is 1.87. The first-order chi connectivity index (χ1) is 14.0. The molecule has 1 aliphatic carbocycles. The Morgan fingerprint density at radius 2 is 1.66 bits per heavy atom. The van der Waals surface area contributed by atoms with Gasteiger partial charge in [-0.3, -0.25) is 9.59 Å². The number of rotatable bonds is 2. The average molecular weight is 397 g/mol. The number of aryl methyl sites for hydroxylation is 1. The molecule has 0 aromatic heterocycles. The summed E-state index contributed by atoms with van der Waals surface area (Å²) in [4.78, 5) is 28.8. The molecule has 0 fully saturated rings. The Morgan fingerprint density at radius 1 is 0.931 bits per heavy atom. The molecule has 29 heavy (non-hydrogen) atoms. The van der Waals surface area contributed by atoms with Crippen LogP contribution in [0.1, 0.15) is 33.2 Å². The molecule has 0 spiro atoms. The van der Waals surface area contributed by atoms with Crippen LogP contribution in [0.3, 0.4) is 0 Å². The average Bonchev–Trinajstić information content (AvgIpc) is 2.74. The van der Waals surface area contributed by atoms with Gasteiger partial charge in [0.15, 0.2) is 11.6 Å². The Hall–Kier alpha value is -3.04. The molecule has 3 aromatic carbocycles. The Bertz CT molecular complexity index is 1340. The molecule has 0 saturated heterocycles. The predicted octanol–water partition coefficient (Wildman–Crippen LogP) is 4.14. The van der Waals surface area contributed by atoms with E-state index in [2.05, 4.69) is 55.5 Å². The number of benzene rings is 3. The molecule has 1 heterocycles. The quantitative estimate of drug-likeness (QED) is 0.482. The van der Waals surface area contributed by atoms with Gasteiger partial charge >= 0.3 is 0 Å². The van der Waals surface area contributed by atoms with E-state index in [1.807, 2.05) is 24.3 Å². The minimum absolute atomic E-state index is 0.0184. The number of ketones is 2. The van der Waals surface area contributed by atoms with Gasteiger partial charge in [0.25, 0.3) is 0 Å². The Labute approximate surface area is 172 Å². The lowest BCUT2D eigenvalue weighted by Crippen LogP contribution is -2.37. The summed E-state index contributed by atoms with van der Waals surface area (Å²) in [7, 11) is -0.360. The fraction of sp³-hybridized carbons (Fsp3) is 0.115. The van der Waals surface area contributed by atoms with E-state index < -0.39 is 0 Å². The number of hydrogen-bond donors (Lipinski definition) is 0. The van der Waals surface area contributed by atoms with Crippen molar-refractivity contribution in [2.75, 3.05) is 0 Å². The molecular weight excluding hydrogens is 376 g/mol. The topological polar surface area (TPSA) is 34.1 Å². The molecule has 1 aliphatic heterocycles. The van der Waals surface area contributed by atoms with Crippen molar-refractivity contribution in [3.05, 3.63) is 93.9 Å². The van der Waals surface area contributed by atoms with Crippen LogP contribution in [-0.2, 0) is 0 Å². The third-order valence-corrected chi connectivity index (χ3v) is 7.98. The zero-order valence-electron chi connectivity index (χ0n) is 16.3. The molecule has 0 amide bonds. The third-order valence-electron chi connectivity index (χ3n) is 5.59. The molecule has 3 heteroatoms. The molecule has 2 unspecified atom stereocenters.